The lowest BCUT2D eigenvalue weighted by molar-refractivity contribution is -0.130. The number of likely N-dealkylation sites (N-methyl/N-ethyl adjacent to an activating group) is 1. The zero-order chi connectivity index (χ0) is 9.30. The SMILES string of the molecule is CC(NC1CC1C)C(=O)N(C)C. The molecule has 0 aliphatic heterocycles. The lowest BCUT2D eigenvalue weighted by Crippen LogP contribution is -2.42. The second kappa shape index (κ2) is 3.44. The fraction of sp³-hybridized carbons (Fsp3) is 0.889. The maximum atomic E-state index is 11.4. The number of carbonyl (C=O) groups is 1. The van der Waals surface area contributed by atoms with Gasteiger partial charge in [0.2, 0.25) is 5.91 Å². The third kappa shape index (κ3) is 2.21. The van der Waals surface area contributed by atoms with Gasteiger partial charge in [-0.25, -0.2) is 0 Å². The zero-order valence-electron chi connectivity index (χ0n) is 8.29. The second-order valence-corrected chi connectivity index (χ2v) is 3.94. The molecule has 0 aromatic carbocycles. The summed E-state index contributed by atoms with van der Waals surface area (Å²) >= 11 is 0. The number of nitrogens with zero attached hydrogens (tertiary/aromatic N) is 1. The number of hydrogen-bond acceptors (Lipinski definition) is 2. The maximum Gasteiger partial charge on any atom is 0.238 e. The van der Waals surface area contributed by atoms with Gasteiger partial charge < -0.3 is 10.2 Å². The van der Waals surface area contributed by atoms with Crippen LogP contribution in [-0.2, 0) is 4.79 Å². The van der Waals surface area contributed by atoms with E-state index in [-0.39, 0.29) is 11.9 Å². The van der Waals surface area contributed by atoms with Crippen LogP contribution in [0.1, 0.15) is 20.3 Å². The van der Waals surface area contributed by atoms with Crippen molar-refractivity contribution >= 4 is 5.91 Å². The van der Waals surface area contributed by atoms with E-state index in [1.165, 1.54) is 6.42 Å². The molecule has 1 N–H and O–H groups in total. The number of rotatable bonds is 3. The smallest absolute Gasteiger partial charge is 0.238 e. The van der Waals surface area contributed by atoms with Gasteiger partial charge >= 0.3 is 0 Å². The summed E-state index contributed by atoms with van der Waals surface area (Å²) in [5, 5.41) is 3.29. The van der Waals surface area contributed by atoms with Crippen LogP contribution in [-0.4, -0.2) is 37.0 Å². The van der Waals surface area contributed by atoms with E-state index in [1.54, 1.807) is 19.0 Å². The Bertz CT molecular complexity index is 179. The van der Waals surface area contributed by atoms with E-state index < -0.39 is 0 Å². The molecule has 3 heteroatoms. The molecule has 0 aromatic rings. The van der Waals surface area contributed by atoms with E-state index in [4.69, 9.17) is 0 Å². The van der Waals surface area contributed by atoms with Crippen LogP contribution < -0.4 is 5.32 Å². The molecular formula is C9H18N2O. The highest BCUT2D eigenvalue weighted by Crippen LogP contribution is 2.29. The first kappa shape index (κ1) is 9.52. The van der Waals surface area contributed by atoms with Crippen molar-refractivity contribution in [3.8, 4) is 0 Å². The Hall–Kier alpha value is -0.570. The number of carbonyl (C=O) groups excluding carboxylic acids is 1. The topological polar surface area (TPSA) is 32.3 Å². The third-order valence-corrected chi connectivity index (χ3v) is 2.38. The van der Waals surface area contributed by atoms with E-state index in [9.17, 15) is 4.79 Å². The van der Waals surface area contributed by atoms with Gasteiger partial charge in [-0.1, -0.05) is 6.92 Å². The fourth-order valence-corrected chi connectivity index (χ4v) is 1.33. The minimum atomic E-state index is -0.0325. The Balaban J connectivity index is 2.28. The lowest BCUT2D eigenvalue weighted by Gasteiger charge is -2.17. The molecular weight excluding hydrogens is 152 g/mol. The first-order valence-electron chi connectivity index (χ1n) is 4.49. The van der Waals surface area contributed by atoms with E-state index in [1.807, 2.05) is 6.92 Å². The van der Waals surface area contributed by atoms with Crippen LogP contribution in [0.25, 0.3) is 0 Å². The van der Waals surface area contributed by atoms with Gasteiger partial charge in [-0.15, -0.1) is 0 Å². The number of nitrogens with one attached hydrogen (secondary N) is 1. The van der Waals surface area contributed by atoms with Crippen LogP contribution in [0.2, 0.25) is 0 Å². The van der Waals surface area contributed by atoms with Crippen LogP contribution in [0.5, 0.6) is 0 Å². The molecule has 0 heterocycles. The molecule has 3 atom stereocenters. The molecule has 1 aliphatic rings. The van der Waals surface area contributed by atoms with Crippen molar-refractivity contribution in [2.75, 3.05) is 14.1 Å². The summed E-state index contributed by atoms with van der Waals surface area (Å²) in [6.45, 7) is 4.12. The van der Waals surface area contributed by atoms with Gasteiger partial charge in [-0.2, -0.15) is 0 Å². The fourth-order valence-electron chi connectivity index (χ4n) is 1.33. The highest BCUT2D eigenvalue weighted by molar-refractivity contribution is 5.80. The average molecular weight is 170 g/mol. The van der Waals surface area contributed by atoms with Gasteiger partial charge in [-0.05, 0) is 19.3 Å². The van der Waals surface area contributed by atoms with Gasteiger partial charge in [0.05, 0.1) is 6.04 Å². The summed E-state index contributed by atoms with van der Waals surface area (Å²) in [6, 6.07) is 0.541. The lowest BCUT2D eigenvalue weighted by atomic mass is 10.3. The normalized spacial score (nSPS) is 29.7. The highest BCUT2D eigenvalue weighted by atomic mass is 16.2. The second-order valence-electron chi connectivity index (χ2n) is 3.94. The molecule has 3 nitrogen and oxygen atoms in total. The summed E-state index contributed by atoms with van der Waals surface area (Å²) in [5.74, 6) is 0.913. The van der Waals surface area contributed by atoms with Crippen LogP contribution in [0.4, 0.5) is 0 Å². The largest absolute Gasteiger partial charge is 0.347 e. The number of amides is 1. The molecule has 0 saturated heterocycles. The van der Waals surface area contributed by atoms with Gasteiger partial charge in [0.15, 0.2) is 0 Å². The van der Waals surface area contributed by atoms with Gasteiger partial charge in [-0.3, -0.25) is 4.79 Å². The van der Waals surface area contributed by atoms with E-state index in [0.717, 1.165) is 5.92 Å². The zero-order valence-corrected chi connectivity index (χ0v) is 8.29. The summed E-state index contributed by atoms with van der Waals surface area (Å²) in [4.78, 5) is 13.0. The third-order valence-electron chi connectivity index (χ3n) is 2.38. The van der Waals surface area contributed by atoms with Crippen LogP contribution in [0, 0.1) is 5.92 Å². The standard InChI is InChI=1S/C9H18N2O/c1-6-5-8(6)10-7(2)9(12)11(3)4/h6-8,10H,5H2,1-4H3. The van der Waals surface area contributed by atoms with Crippen molar-refractivity contribution in [3.05, 3.63) is 0 Å². The van der Waals surface area contributed by atoms with Gasteiger partial charge in [0, 0.05) is 20.1 Å². The van der Waals surface area contributed by atoms with Gasteiger partial charge in [0.25, 0.3) is 0 Å². The predicted molar refractivity (Wildman–Crippen MR) is 48.9 cm³/mol. The van der Waals surface area contributed by atoms with Gasteiger partial charge in [0.1, 0.15) is 0 Å². The molecule has 0 spiro atoms. The Morgan fingerprint density at radius 2 is 2.08 bits per heavy atom. The van der Waals surface area contributed by atoms with E-state index in [2.05, 4.69) is 12.2 Å². The van der Waals surface area contributed by atoms with Crippen LogP contribution >= 0.6 is 0 Å². The summed E-state index contributed by atoms with van der Waals surface area (Å²) < 4.78 is 0. The Morgan fingerprint density at radius 1 is 1.58 bits per heavy atom. The summed E-state index contributed by atoms with van der Waals surface area (Å²) in [6.07, 6.45) is 1.21. The molecule has 1 aliphatic carbocycles. The molecule has 12 heavy (non-hydrogen) atoms. The molecule has 1 fully saturated rings. The minimum absolute atomic E-state index is 0.0325. The minimum Gasteiger partial charge on any atom is -0.347 e. The molecule has 1 saturated carbocycles. The van der Waals surface area contributed by atoms with E-state index >= 15 is 0 Å². The van der Waals surface area contributed by atoms with Crippen molar-refractivity contribution in [2.24, 2.45) is 5.92 Å². The number of hydrogen-bond donors (Lipinski definition) is 1. The predicted octanol–water partition coefficient (Wildman–Crippen LogP) is 0.461. The van der Waals surface area contributed by atoms with Crippen molar-refractivity contribution in [2.45, 2.75) is 32.4 Å². The van der Waals surface area contributed by atoms with Crippen molar-refractivity contribution < 1.29 is 4.79 Å². The quantitative estimate of drug-likeness (QED) is 0.667. The Labute approximate surface area is 74.1 Å². The molecule has 1 amide bonds. The van der Waals surface area contributed by atoms with E-state index in [0.29, 0.717) is 6.04 Å². The Kier molecular flexibility index (Phi) is 2.73. The van der Waals surface area contributed by atoms with Crippen molar-refractivity contribution in [1.82, 2.24) is 10.2 Å². The highest BCUT2D eigenvalue weighted by Gasteiger charge is 2.34. The molecule has 0 radical (unpaired) electrons. The summed E-state index contributed by atoms with van der Waals surface area (Å²) in [7, 11) is 3.58. The molecule has 3 unspecified atom stereocenters. The monoisotopic (exact) mass is 170 g/mol. The maximum absolute atomic E-state index is 11.4. The van der Waals surface area contributed by atoms with Crippen molar-refractivity contribution in [3.63, 3.8) is 0 Å². The Morgan fingerprint density at radius 3 is 2.42 bits per heavy atom. The van der Waals surface area contributed by atoms with Crippen molar-refractivity contribution in [1.29, 1.82) is 0 Å². The summed E-state index contributed by atoms with van der Waals surface area (Å²) in [5.41, 5.74) is 0. The van der Waals surface area contributed by atoms with Crippen LogP contribution in [0.3, 0.4) is 0 Å². The molecule has 1 rings (SSSR count). The molecule has 70 valence electrons. The molecule has 0 bridgehead atoms. The average Bonchev–Trinajstić information content (AvgIpc) is 2.64. The first-order chi connectivity index (χ1) is 5.52. The first-order valence-corrected chi connectivity index (χ1v) is 4.49. The van der Waals surface area contributed by atoms with Crippen LogP contribution in [0.15, 0.2) is 0 Å². The molecule has 0 aromatic heterocycles.